The lowest BCUT2D eigenvalue weighted by molar-refractivity contribution is -0.142. The van der Waals surface area contributed by atoms with E-state index in [0.29, 0.717) is 6.54 Å². The maximum atomic E-state index is 10.8. The Balaban J connectivity index is 0. The van der Waals surface area contributed by atoms with E-state index in [1.165, 1.54) is 32.7 Å². The van der Waals surface area contributed by atoms with Crippen molar-refractivity contribution in [1.82, 2.24) is 10.3 Å². The molecule has 7 nitrogen and oxygen atoms in total. The first-order valence-electron chi connectivity index (χ1n) is 9.02. The summed E-state index contributed by atoms with van der Waals surface area (Å²) >= 11 is 0. The Morgan fingerprint density at radius 1 is 1.04 bits per heavy atom. The maximum absolute atomic E-state index is 10.8. The summed E-state index contributed by atoms with van der Waals surface area (Å²) in [5.74, 6) is -0.736. The van der Waals surface area contributed by atoms with Crippen molar-refractivity contribution < 1.29 is 14.7 Å². The van der Waals surface area contributed by atoms with E-state index in [1.807, 2.05) is 13.8 Å². The second kappa shape index (κ2) is 17.7. The van der Waals surface area contributed by atoms with Gasteiger partial charge in [-0.25, -0.2) is 4.79 Å². The molecule has 0 spiro atoms. The molecule has 1 atom stereocenters. The van der Waals surface area contributed by atoms with Crippen LogP contribution in [0.25, 0.3) is 0 Å². The number of carbonyl (C=O) groups excluding carboxylic acids is 1. The van der Waals surface area contributed by atoms with Crippen molar-refractivity contribution in [1.29, 1.82) is 0 Å². The number of unbranched alkanes of at least 4 members (excludes halogenated alkanes) is 5. The van der Waals surface area contributed by atoms with Gasteiger partial charge in [-0.1, -0.05) is 59.3 Å². The van der Waals surface area contributed by atoms with Crippen LogP contribution < -0.4 is 5.32 Å². The van der Waals surface area contributed by atoms with Crippen LogP contribution in [0.2, 0.25) is 0 Å². The number of carboxylic acid groups (broad SMARTS) is 1. The topological polar surface area (TPSA) is 99.1 Å². The molecule has 0 aliphatic carbocycles. The van der Waals surface area contributed by atoms with E-state index in [4.69, 9.17) is 5.11 Å². The summed E-state index contributed by atoms with van der Waals surface area (Å²) in [7, 11) is 1.31. The van der Waals surface area contributed by atoms with Gasteiger partial charge in [-0.3, -0.25) is 4.79 Å². The standard InChI is InChI=1S/C11H22O2.C6H13N3O2/c1-3-5-6-7-8-9-10(4-2)11(12)13;1-3-4-5-7-6(10)9(2)8-11/h10H,3-9H2,1-2H3,(H,12,13);3-5H2,1-2H3,(H,7,10). The fraction of sp³-hybridized carbons (Fsp3) is 0.882. The van der Waals surface area contributed by atoms with Gasteiger partial charge in [-0.15, -0.1) is 4.91 Å². The number of hydrogen-bond acceptors (Lipinski definition) is 4. The molecule has 1 unspecified atom stereocenters. The van der Waals surface area contributed by atoms with Crippen LogP contribution in [0.1, 0.15) is 78.6 Å². The van der Waals surface area contributed by atoms with Crippen molar-refractivity contribution in [2.75, 3.05) is 13.6 Å². The molecule has 24 heavy (non-hydrogen) atoms. The van der Waals surface area contributed by atoms with Crippen LogP contribution in [0.4, 0.5) is 4.79 Å². The number of nitroso groups, excluding NO2 is 1. The molecular weight excluding hydrogens is 310 g/mol. The monoisotopic (exact) mass is 345 g/mol. The van der Waals surface area contributed by atoms with Gasteiger partial charge in [0.2, 0.25) is 0 Å². The maximum Gasteiger partial charge on any atom is 0.340 e. The van der Waals surface area contributed by atoms with Crippen LogP contribution in [0, 0.1) is 10.8 Å². The number of rotatable bonds is 12. The predicted molar refractivity (Wildman–Crippen MR) is 96.7 cm³/mol. The molecule has 0 radical (unpaired) electrons. The van der Waals surface area contributed by atoms with Gasteiger partial charge in [0.05, 0.1) is 11.2 Å². The lowest BCUT2D eigenvalue weighted by atomic mass is 9.98. The first kappa shape index (κ1) is 24.6. The van der Waals surface area contributed by atoms with Gasteiger partial charge in [-0.05, 0) is 19.3 Å². The number of urea groups is 1. The minimum Gasteiger partial charge on any atom is -0.481 e. The summed E-state index contributed by atoms with van der Waals surface area (Å²) in [4.78, 5) is 31.2. The molecule has 7 heteroatoms. The first-order valence-corrected chi connectivity index (χ1v) is 9.02. The molecule has 0 saturated carbocycles. The lowest BCUT2D eigenvalue weighted by Gasteiger charge is -2.08. The Hall–Kier alpha value is -1.66. The third-order valence-corrected chi connectivity index (χ3v) is 3.72. The Labute approximate surface area is 146 Å². The molecule has 0 aromatic heterocycles. The van der Waals surface area contributed by atoms with Gasteiger partial charge < -0.3 is 10.4 Å². The van der Waals surface area contributed by atoms with E-state index >= 15 is 0 Å². The zero-order chi connectivity index (χ0) is 18.8. The minimum absolute atomic E-state index is 0.110. The molecule has 0 aliphatic heterocycles. The smallest absolute Gasteiger partial charge is 0.340 e. The molecule has 0 heterocycles. The summed E-state index contributed by atoms with van der Waals surface area (Å²) in [6, 6.07) is -0.451. The van der Waals surface area contributed by atoms with E-state index in [2.05, 4.69) is 17.5 Å². The van der Waals surface area contributed by atoms with Crippen molar-refractivity contribution in [3.63, 3.8) is 0 Å². The number of nitrogens with zero attached hydrogens (tertiary/aromatic N) is 2. The largest absolute Gasteiger partial charge is 0.481 e. The number of aliphatic carboxylic acids is 1. The SMILES string of the molecule is CCCCCCCC(CC)C(=O)O.CCCCNC(=O)N(C)N=O. The van der Waals surface area contributed by atoms with E-state index in [9.17, 15) is 14.5 Å². The van der Waals surface area contributed by atoms with Gasteiger partial charge in [0.1, 0.15) is 0 Å². The number of nitrogens with one attached hydrogen (secondary N) is 1. The van der Waals surface area contributed by atoms with E-state index < -0.39 is 12.0 Å². The van der Waals surface area contributed by atoms with Crippen LogP contribution in [0.3, 0.4) is 0 Å². The van der Waals surface area contributed by atoms with E-state index in [1.54, 1.807) is 0 Å². The highest BCUT2D eigenvalue weighted by Crippen LogP contribution is 2.14. The van der Waals surface area contributed by atoms with Crippen molar-refractivity contribution in [3.05, 3.63) is 4.91 Å². The summed E-state index contributed by atoms with van der Waals surface area (Å²) in [5.41, 5.74) is 0. The zero-order valence-corrected chi connectivity index (χ0v) is 15.7. The third kappa shape index (κ3) is 15.2. The molecule has 0 rings (SSSR count). The molecule has 0 aliphatic rings. The molecule has 0 aromatic rings. The van der Waals surface area contributed by atoms with E-state index in [-0.39, 0.29) is 5.92 Å². The Kier molecular flexibility index (Phi) is 18.1. The van der Waals surface area contributed by atoms with Gasteiger partial charge >= 0.3 is 12.0 Å². The second-order valence-corrected chi connectivity index (χ2v) is 5.84. The molecule has 142 valence electrons. The minimum atomic E-state index is -0.627. The summed E-state index contributed by atoms with van der Waals surface area (Å²) in [6.45, 7) is 6.75. The second-order valence-electron chi connectivity index (χ2n) is 5.84. The quantitative estimate of drug-likeness (QED) is 0.307. The summed E-state index contributed by atoms with van der Waals surface area (Å²) in [5, 5.41) is 14.5. The average molecular weight is 345 g/mol. The van der Waals surface area contributed by atoms with Crippen LogP contribution in [0.15, 0.2) is 5.29 Å². The molecule has 0 aromatic carbocycles. The van der Waals surface area contributed by atoms with Crippen LogP contribution >= 0.6 is 0 Å². The highest BCUT2D eigenvalue weighted by atomic mass is 16.4. The Morgan fingerprint density at radius 3 is 2.08 bits per heavy atom. The number of carbonyl (C=O) groups is 2. The van der Waals surface area contributed by atoms with Gasteiger partial charge in [0.25, 0.3) is 0 Å². The first-order chi connectivity index (χ1) is 11.4. The van der Waals surface area contributed by atoms with Crippen molar-refractivity contribution >= 4 is 12.0 Å². The van der Waals surface area contributed by atoms with E-state index in [0.717, 1.165) is 37.1 Å². The van der Waals surface area contributed by atoms with Gasteiger partial charge in [-0.2, -0.15) is 5.01 Å². The lowest BCUT2D eigenvalue weighted by Crippen LogP contribution is -2.34. The fourth-order valence-corrected chi connectivity index (χ4v) is 2.02. The van der Waals surface area contributed by atoms with Crippen LogP contribution in [-0.2, 0) is 4.79 Å². The summed E-state index contributed by atoms with van der Waals surface area (Å²) < 4.78 is 0. The Bertz CT molecular complexity index is 338. The third-order valence-electron chi connectivity index (χ3n) is 3.72. The van der Waals surface area contributed by atoms with Crippen molar-refractivity contribution in [3.8, 4) is 0 Å². The predicted octanol–water partition coefficient (Wildman–Crippen LogP) is 4.57. The molecule has 0 bridgehead atoms. The molecule has 0 saturated heterocycles. The average Bonchev–Trinajstić information content (AvgIpc) is 2.57. The molecular formula is C17H35N3O4. The van der Waals surface area contributed by atoms with Gasteiger partial charge in [0.15, 0.2) is 0 Å². The normalized spacial score (nSPS) is 11.0. The van der Waals surface area contributed by atoms with Crippen molar-refractivity contribution in [2.45, 2.75) is 78.6 Å². The highest BCUT2D eigenvalue weighted by Gasteiger charge is 2.13. The Morgan fingerprint density at radius 2 is 1.62 bits per heavy atom. The summed E-state index contributed by atoms with van der Waals surface area (Å²) in [6.07, 6.45) is 9.60. The van der Waals surface area contributed by atoms with Crippen LogP contribution in [-0.4, -0.2) is 35.7 Å². The molecule has 2 N–H and O–H groups in total. The number of carboxylic acids is 1. The number of amides is 2. The molecule has 2 amide bonds. The van der Waals surface area contributed by atoms with Crippen LogP contribution in [0.5, 0.6) is 0 Å². The molecule has 0 fully saturated rings. The zero-order valence-electron chi connectivity index (χ0n) is 15.7. The van der Waals surface area contributed by atoms with Crippen molar-refractivity contribution in [2.24, 2.45) is 11.2 Å². The van der Waals surface area contributed by atoms with Gasteiger partial charge in [0, 0.05) is 13.6 Å². The highest BCUT2D eigenvalue weighted by molar-refractivity contribution is 5.73. The number of hydrogen-bond donors (Lipinski definition) is 2. The fourth-order valence-electron chi connectivity index (χ4n) is 2.02.